The minimum Gasteiger partial charge on any atom is -0.381 e. The van der Waals surface area contributed by atoms with Gasteiger partial charge in [0, 0.05) is 26.3 Å². The molecule has 0 radical (unpaired) electrons. The van der Waals surface area contributed by atoms with Crippen molar-refractivity contribution in [2.24, 2.45) is 0 Å². The van der Waals surface area contributed by atoms with Crippen molar-refractivity contribution < 1.29 is 9.53 Å². The summed E-state index contributed by atoms with van der Waals surface area (Å²) in [4.78, 5) is 16.1. The predicted octanol–water partition coefficient (Wildman–Crippen LogP) is 2.45. The fraction of sp³-hybridized carbons (Fsp3) is 0.600. The third-order valence-corrected chi connectivity index (χ3v) is 2.73. The quantitative estimate of drug-likeness (QED) is 0.646. The summed E-state index contributed by atoms with van der Waals surface area (Å²) in [6.45, 7) is 7.01. The van der Waals surface area contributed by atoms with E-state index in [0.717, 1.165) is 38.2 Å². The van der Waals surface area contributed by atoms with E-state index < -0.39 is 0 Å². The molecule has 0 saturated carbocycles. The van der Waals surface area contributed by atoms with E-state index >= 15 is 0 Å². The van der Waals surface area contributed by atoms with Gasteiger partial charge in [-0.3, -0.25) is 4.79 Å². The molecule has 0 aromatic carbocycles. The van der Waals surface area contributed by atoms with Crippen LogP contribution in [-0.2, 0) is 4.74 Å². The Bertz CT molecular complexity index is 396. The number of hydrogen-bond donors (Lipinski definition) is 2. The molecule has 0 bridgehead atoms. The first kappa shape index (κ1) is 16.4. The molecule has 2 N–H and O–H groups in total. The van der Waals surface area contributed by atoms with Crippen LogP contribution in [-0.4, -0.2) is 37.2 Å². The van der Waals surface area contributed by atoms with Gasteiger partial charge in [-0.1, -0.05) is 19.4 Å². The predicted molar refractivity (Wildman–Crippen MR) is 81.1 cm³/mol. The molecule has 0 aliphatic rings. The van der Waals surface area contributed by atoms with Crippen molar-refractivity contribution in [1.29, 1.82) is 0 Å². The molecule has 1 heterocycles. The zero-order chi connectivity index (χ0) is 14.6. The van der Waals surface area contributed by atoms with Gasteiger partial charge in [-0.05, 0) is 31.9 Å². The third kappa shape index (κ3) is 6.52. The highest BCUT2D eigenvalue weighted by molar-refractivity contribution is 5.92. The second kappa shape index (κ2) is 10.2. The second-order valence-corrected chi connectivity index (χ2v) is 4.51. The molecule has 1 amide bonds. The number of rotatable bonds is 10. The van der Waals surface area contributed by atoms with Crippen LogP contribution in [0.5, 0.6) is 0 Å². The Kier molecular flexibility index (Phi) is 8.38. The summed E-state index contributed by atoms with van der Waals surface area (Å²) in [7, 11) is 0. The number of nitrogens with zero attached hydrogens (tertiary/aromatic N) is 1. The van der Waals surface area contributed by atoms with Crippen molar-refractivity contribution in [2.45, 2.75) is 33.1 Å². The van der Waals surface area contributed by atoms with E-state index in [9.17, 15) is 4.79 Å². The Hall–Kier alpha value is -1.62. The Morgan fingerprint density at radius 1 is 1.25 bits per heavy atom. The highest BCUT2D eigenvalue weighted by atomic mass is 16.5. The van der Waals surface area contributed by atoms with Gasteiger partial charge in [0.05, 0.1) is 0 Å². The summed E-state index contributed by atoms with van der Waals surface area (Å²) in [5.74, 6) is 0.585. The molecule has 0 aliphatic heterocycles. The Balaban J connectivity index is 2.23. The number of aromatic nitrogens is 1. The third-order valence-electron chi connectivity index (χ3n) is 2.73. The molecular weight excluding hydrogens is 254 g/mol. The number of pyridine rings is 1. The van der Waals surface area contributed by atoms with Crippen LogP contribution in [0.4, 0.5) is 5.82 Å². The maximum Gasteiger partial charge on any atom is 0.269 e. The van der Waals surface area contributed by atoms with E-state index in [1.165, 1.54) is 0 Å². The van der Waals surface area contributed by atoms with Crippen LogP contribution in [0.2, 0.25) is 0 Å². The van der Waals surface area contributed by atoms with E-state index in [4.69, 9.17) is 4.74 Å². The SMILES string of the molecule is CCCCOCCCNC(=O)c1cccc(NCC)n1. The van der Waals surface area contributed by atoms with Crippen LogP contribution in [0.3, 0.4) is 0 Å². The number of anilines is 1. The summed E-state index contributed by atoms with van der Waals surface area (Å²) >= 11 is 0. The standard InChI is InChI=1S/C15H25N3O2/c1-3-5-11-20-12-7-10-17-15(19)13-8-6-9-14(18-13)16-4-2/h6,8-9H,3-5,7,10-12H2,1-2H3,(H,16,18)(H,17,19). The first-order valence-electron chi connectivity index (χ1n) is 7.34. The molecule has 0 unspecified atom stereocenters. The molecule has 0 aliphatic carbocycles. The maximum atomic E-state index is 11.9. The first-order chi connectivity index (χ1) is 9.77. The number of unbranched alkanes of at least 4 members (excludes halogenated alkanes) is 1. The van der Waals surface area contributed by atoms with E-state index in [1.54, 1.807) is 6.07 Å². The average Bonchev–Trinajstić information content (AvgIpc) is 2.47. The average molecular weight is 279 g/mol. The zero-order valence-electron chi connectivity index (χ0n) is 12.4. The largest absolute Gasteiger partial charge is 0.381 e. The lowest BCUT2D eigenvalue weighted by Crippen LogP contribution is -2.26. The van der Waals surface area contributed by atoms with E-state index in [-0.39, 0.29) is 5.91 Å². The molecule has 1 rings (SSSR count). The van der Waals surface area contributed by atoms with Crippen molar-refractivity contribution in [3.8, 4) is 0 Å². The lowest BCUT2D eigenvalue weighted by atomic mass is 10.3. The maximum absolute atomic E-state index is 11.9. The number of amides is 1. The van der Waals surface area contributed by atoms with E-state index in [0.29, 0.717) is 18.8 Å². The van der Waals surface area contributed by atoms with E-state index in [2.05, 4.69) is 22.5 Å². The minimum absolute atomic E-state index is 0.140. The van der Waals surface area contributed by atoms with Crippen molar-refractivity contribution in [3.63, 3.8) is 0 Å². The topological polar surface area (TPSA) is 63.2 Å². The first-order valence-corrected chi connectivity index (χ1v) is 7.34. The van der Waals surface area contributed by atoms with Gasteiger partial charge in [-0.15, -0.1) is 0 Å². The molecule has 20 heavy (non-hydrogen) atoms. The molecule has 112 valence electrons. The molecule has 1 aromatic rings. The molecular formula is C15H25N3O2. The van der Waals surface area contributed by atoms with Crippen LogP contribution in [0.1, 0.15) is 43.6 Å². The fourth-order valence-corrected chi connectivity index (χ4v) is 1.66. The highest BCUT2D eigenvalue weighted by Crippen LogP contribution is 2.04. The Labute approximate surface area is 121 Å². The number of ether oxygens (including phenoxy) is 1. The molecule has 0 fully saturated rings. The molecule has 5 nitrogen and oxygen atoms in total. The summed E-state index contributed by atoms with van der Waals surface area (Å²) in [6.07, 6.45) is 3.06. The zero-order valence-corrected chi connectivity index (χ0v) is 12.4. The normalized spacial score (nSPS) is 10.3. The lowest BCUT2D eigenvalue weighted by molar-refractivity contribution is 0.0935. The molecule has 0 saturated heterocycles. The number of carbonyl (C=O) groups is 1. The number of nitrogens with one attached hydrogen (secondary N) is 2. The summed E-state index contributed by atoms with van der Waals surface area (Å²) in [5.41, 5.74) is 0.440. The van der Waals surface area contributed by atoms with Crippen molar-refractivity contribution in [2.75, 3.05) is 31.6 Å². The van der Waals surface area contributed by atoms with Crippen LogP contribution in [0.15, 0.2) is 18.2 Å². The van der Waals surface area contributed by atoms with Gasteiger partial charge in [0.25, 0.3) is 5.91 Å². The van der Waals surface area contributed by atoms with Gasteiger partial charge in [-0.25, -0.2) is 4.98 Å². The van der Waals surface area contributed by atoms with Crippen LogP contribution in [0.25, 0.3) is 0 Å². The van der Waals surface area contributed by atoms with Gasteiger partial charge in [-0.2, -0.15) is 0 Å². The van der Waals surface area contributed by atoms with Crippen molar-refractivity contribution >= 4 is 11.7 Å². The van der Waals surface area contributed by atoms with Gasteiger partial charge in [0.2, 0.25) is 0 Å². The monoisotopic (exact) mass is 279 g/mol. The summed E-state index contributed by atoms with van der Waals surface area (Å²) < 4.78 is 5.44. The lowest BCUT2D eigenvalue weighted by Gasteiger charge is -2.07. The number of hydrogen-bond acceptors (Lipinski definition) is 4. The van der Waals surface area contributed by atoms with Crippen LogP contribution < -0.4 is 10.6 Å². The van der Waals surface area contributed by atoms with Gasteiger partial charge in [0.15, 0.2) is 0 Å². The summed E-state index contributed by atoms with van der Waals surface area (Å²) in [6, 6.07) is 5.39. The van der Waals surface area contributed by atoms with Gasteiger partial charge in [0.1, 0.15) is 11.5 Å². The molecule has 5 heteroatoms. The fourth-order valence-electron chi connectivity index (χ4n) is 1.66. The smallest absolute Gasteiger partial charge is 0.269 e. The van der Waals surface area contributed by atoms with Crippen molar-refractivity contribution in [1.82, 2.24) is 10.3 Å². The van der Waals surface area contributed by atoms with Gasteiger partial charge >= 0.3 is 0 Å². The molecule has 0 spiro atoms. The Morgan fingerprint density at radius 2 is 2.05 bits per heavy atom. The van der Waals surface area contributed by atoms with Crippen LogP contribution >= 0.6 is 0 Å². The Morgan fingerprint density at radius 3 is 2.80 bits per heavy atom. The second-order valence-electron chi connectivity index (χ2n) is 4.51. The summed E-state index contributed by atoms with van der Waals surface area (Å²) in [5, 5.41) is 5.94. The van der Waals surface area contributed by atoms with Crippen molar-refractivity contribution in [3.05, 3.63) is 23.9 Å². The van der Waals surface area contributed by atoms with Gasteiger partial charge < -0.3 is 15.4 Å². The van der Waals surface area contributed by atoms with Crippen LogP contribution in [0, 0.1) is 0 Å². The van der Waals surface area contributed by atoms with E-state index in [1.807, 2.05) is 19.1 Å². The number of carbonyl (C=O) groups excluding carboxylic acids is 1. The highest BCUT2D eigenvalue weighted by Gasteiger charge is 2.06. The molecule has 1 aromatic heterocycles. The molecule has 0 atom stereocenters. The minimum atomic E-state index is -0.140.